The number of amides is 4. The zero-order valence-corrected chi connectivity index (χ0v) is 38.3. The van der Waals surface area contributed by atoms with Crippen LogP contribution >= 0.6 is 0 Å². The van der Waals surface area contributed by atoms with Gasteiger partial charge in [0, 0.05) is 37.3 Å². The van der Waals surface area contributed by atoms with Gasteiger partial charge in [-0.15, -0.1) is 0 Å². The molecule has 2 aliphatic carbocycles. The standard InChI is InChI=1S/C27H29N5O3.C26H27N5O3/c1-2-22(33)31-14-12-27(13-15-31)16-19(17-27)32-25(28)23(26(29)34)24(30-32)18-8-10-21(11-9-18)35-20-6-4-3-5-7-20;1-2-21(32)30-13-12-26(16-30)14-18(15-26)31-24(27)22(25(28)33)23(29-31)17-8-10-20(11-9-17)34-19-6-4-3-5-7-19/h2-11,19H,1,12-17,28H2,(H2,29,34);2-11,18H,1,12-16,27H2,(H2,28,33). The van der Waals surface area contributed by atoms with E-state index in [4.69, 9.17) is 42.6 Å². The number of anilines is 2. The molecule has 2 aromatic heterocycles. The van der Waals surface area contributed by atoms with E-state index in [9.17, 15) is 19.2 Å². The van der Waals surface area contributed by atoms with Crippen molar-refractivity contribution in [1.82, 2.24) is 29.4 Å². The van der Waals surface area contributed by atoms with Crippen molar-refractivity contribution in [3.63, 3.8) is 0 Å². The number of likely N-dealkylation sites (tertiary alicyclic amines) is 2. The Hall–Kier alpha value is -8.14. The minimum atomic E-state index is -0.610. The summed E-state index contributed by atoms with van der Waals surface area (Å²) < 4.78 is 15.2. The Labute approximate surface area is 400 Å². The molecule has 354 valence electrons. The molecule has 2 aliphatic heterocycles. The number of hydrogen-bond acceptors (Lipinski definition) is 10. The third kappa shape index (κ3) is 9.29. The van der Waals surface area contributed by atoms with Crippen LogP contribution in [0, 0.1) is 10.8 Å². The van der Waals surface area contributed by atoms with Crippen molar-refractivity contribution in [2.75, 3.05) is 37.6 Å². The quantitative estimate of drug-likeness (QED) is 0.0866. The number of primary amides is 2. The number of hydrogen-bond donors (Lipinski definition) is 4. The molecule has 0 bridgehead atoms. The number of carbonyl (C=O) groups excluding carboxylic acids is 4. The van der Waals surface area contributed by atoms with Gasteiger partial charge in [0.25, 0.3) is 11.8 Å². The van der Waals surface area contributed by atoms with Crippen molar-refractivity contribution >= 4 is 35.3 Å². The summed E-state index contributed by atoms with van der Waals surface area (Å²) in [5.74, 6) is 2.16. The minimum absolute atomic E-state index is 0.0111. The highest BCUT2D eigenvalue weighted by atomic mass is 16.5. The van der Waals surface area contributed by atoms with Crippen LogP contribution in [0.25, 0.3) is 22.5 Å². The van der Waals surface area contributed by atoms with Crippen molar-refractivity contribution in [2.45, 2.75) is 57.0 Å². The molecule has 6 aromatic rings. The molecule has 69 heavy (non-hydrogen) atoms. The lowest BCUT2D eigenvalue weighted by Crippen LogP contribution is -2.49. The number of para-hydroxylation sites is 2. The average molecular weight is 929 g/mol. The van der Waals surface area contributed by atoms with E-state index < -0.39 is 11.8 Å². The molecule has 0 unspecified atom stereocenters. The van der Waals surface area contributed by atoms with Gasteiger partial charge in [0.15, 0.2) is 0 Å². The first-order chi connectivity index (χ1) is 33.3. The van der Waals surface area contributed by atoms with Gasteiger partial charge in [-0.05, 0) is 141 Å². The van der Waals surface area contributed by atoms with Gasteiger partial charge in [-0.3, -0.25) is 19.2 Å². The molecule has 4 aliphatic rings. The van der Waals surface area contributed by atoms with E-state index in [2.05, 4.69) is 13.2 Å². The second-order valence-corrected chi connectivity index (χ2v) is 18.6. The first-order valence-corrected chi connectivity index (χ1v) is 23.1. The number of nitrogens with zero attached hydrogens (tertiary/aromatic N) is 6. The molecule has 2 spiro atoms. The molecule has 4 aromatic carbocycles. The number of ether oxygens (including phenoxy) is 2. The van der Waals surface area contributed by atoms with Crippen LogP contribution in [0.15, 0.2) is 135 Å². The summed E-state index contributed by atoms with van der Waals surface area (Å²) in [5, 5.41) is 9.46. The average Bonchev–Trinajstić information content (AvgIpc) is 4.05. The fourth-order valence-corrected chi connectivity index (χ4v) is 10.5. The molecule has 16 heteroatoms. The first kappa shape index (κ1) is 46.0. The summed E-state index contributed by atoms with van der Waals surface area (Å²) in [6.07, 6.45) is 9.10. The van der Waals surface area contributed by atoms with E-state index in [1.54, 1.807) is 9.36 Å². The number of nitrogen functional groups attached to an aromatic ring is 2. The van der Waals surface area contributed by atoms with Crippen LogP contribution < -0.4 is 32.4 Å². The van der Waals surface area contributed by atoms with Crippen LogP contribution in [0.2, 0.25) is 0 Å². The summed E-state index contributed by atoms with van der Waals surface area (Å²) in [6, 6.07) is 33.9. The van der Waals surface area contributed by atoms with E-state index in [0.29, 0.717) is 35.2 Å². The van der Waals surface area contributed by atoms with Gasteiger partial charge in [-0.1, -0.05) is 49.6 Å². The molecule has 0 radical (unpaired) electrons. The Balaban J connectivity index is 0.000000172. The summed E-state index contributed by atoms with van der Waals surface area (Å²) in [7, 11) is 0. The number of rotatable bonds is 12. The maximum atomic E-state index is 12.3. The number of nitrogens with two attached hydrogens (primary N) is 4. The summed E-state index contributed by atoms with van der Waals surface area (Å²) in [6.45, 7) is 10.1. The minimum Gasteiger partial charge on any atom is -0.457 e. The molecule has 4 heterocycles. The fraction of sp³-hybridized carbons (Fsp3) is 0.283. The molecule has 4 fully saturated rings. The lowest BCUT2D eigenvalue weighted by atomic mass is 9.60. The maximum absolute atomic E-state index is 12.3. The van der Waals surface area contributed by atoms with Gasteiger partial charge < -0.3 is 42.2 Å². The molecule has 2 saturated carbocycles. The number of carbonyl (C=O) groups is 4. The van der Waals surface area contributed by atoms with Crippen molar-refractivity contribution in [3.05, 3.63) is 146 Å². The Morgan fingerprint density at radius 3 is 1.30 bits per heavy atom. The van der Waals surface area contributed by atoms with Crippen molar-refractivity contribution < 1.29 is 28.7 Å². The Morgan fingerprint density at radius 2 is 0.899 bits per heavy atom. The van der Waals surface area contributed by atoms with E-state index in [0.717, 1.165) is 87.2 Å². The van der Waals surface area contributed by atoms with E-state index in [-0.39, 0.29) is 51.7 Å². The third-order valence-electron chi connectivity index (χ3n) is 14.2. The Bertz CT molecular complexity index is 2890. The first-order valence-electron chi connectivity index (χ1n) is 23.1. The zero-order chi connectivity index (χ0) is 48.5. The van der Waals surface area contributed by atoms with Crippen LogP contribution in [0.3, 0.4) is 0 Å². The normalized spacial score (nSPS) is 17.0. The lowest BCUT2D eigenvalue weighted by molar-refractivity contribution is -0.130. The Morgan fingerprint density at radius 1 is 0.536 bits per heavy atom. The third-order valence-corrected chi connectivity index (χ3v) is 14.2. The van der Waals surface area contributed by atoms with Crippen molar-refractivity contribution in [3.8, 4) is 45.5 Å². The second-order valence-electron chi connectivity index (χ2n) is 18.6. The highest BCUT2D eigenvalue weighted by molar-refractivity contribution is 6.04. The molecule has 2 saturated heterocycles. The smallest absolute Gasteiger partial charge is 0.254 e. The van der Waals surface area contributed by atoms with E-state index in [1.165, 1.54) is 12.2 Å². The van der Waals surface area contributed by atoms with Gasteiger partial charge in [0.2, 0.25) is 11.8 Å². The molecule has 0 atom stereocenters. The van der Waals surface area contributed by atoms with E-state index in [1.807, 2.05) is 119 Å². The highest BCUT2D eigenvalue weighted by Crippen LogP contribution is 2.56. The van der Waals surface area contributed by atoms with Gasteiger partial charge in [0.1, 0.15) is 57.1 Å². The van der Waals surface area contributed by atoms with Gasteiger partial charge in [-0.25, -0.2) is 9.36 Å². The SMILES string of the molecule is C=CC(=O)N1CCC2(CC(n3nc(-c4ccc(Oc5ccccc5)cc4)c(C(N)=O)c3N)C2)C1.C=CC(=O)N1CCC2(CC1)CC(n1nc(-c3ccc(Oc4ccccc4)cc3)c(C(N)=O)c1N)C2. The van der Waals surface area contributed by atoms with Crippen molar-refractivity contribution in [1.29, 1.82) is 0 Å². The lowest BCUT2D eigenvalue weighted by Gasteiger charge is -2.52. The van der Waals surface area contributed by atoms with Gasteiger partial charge in [-0.2, -0.15) is 10.2 Å². The topological polar surface area (TPSA) is 233 Å². The second kappa shape index (κ2) is 18.9. The van der Waals surface area contributed by atoms with Gasteiger partial charge >= 0.3 is 0 Å². The van der Waals surface area contributed by atoms with Crippen LogP contribution in [0.4, 0.5) is 11.6 Å². The number of benzene rings is 4. The summed E-state index contributed by atoms with van der Waals surface area (Å²) in [4.78, 5) is 52.1. The van der Waals surface area contributed by atoms with Crippen LogP contribution in [0.5, 0.6) is 23.0 Å². The molecular formula is C53H56N10O6. The summed E-state index contributed by atoms with van der Waals surface area (Å²) in [5.41, 5.74) is 27.3. The van der Waals surface area contributed by atoms with Crippen LogP contribution in [-0.4, -0.2) is 79.2 Å². The number of aromatic nitrogens is 4. The molecule has 16 nitrogen and oxygen atoms in total. The van der Waals surface area contributed by atoms with Gasteiger partial charge in [0.05, 0.1) is 12.1 Å². The predicted octanol–water partition coefficient (Wildman–Crippen LogP) is 7.92. The largest absolute Gasteiger partial charge is 0.457 e. The summed E-state index contributed by atoms with van der Waals surface area (Å²) >= 11 is 0. The molecular weight excluding hydrogens is 873 g/mol. The maximum Gasteiger partial charge on any atom is 0.254 e. The number of piperidine rings is 1. The Kier molecular flexibility index (Phi) is 12.6. The monoisotopic (exact) mass is 928 g/mol. The highest BCUT2D eigenvalue weighted by Gasteiger charge is 2.51. The molecule has 4 amide bonds. The van der Waals surface area contributed by atoms with E-state index >= 15 is 0 Å². The van der Waals surface area contributed by atoms with Crippen LogP contribution in [-0.2, 0) is 9.59 Å². The molecule has 10 rings (SSSR count). The van der Waals surface area contributed by atoms with Crippen LogP contribution in [0.1, 0.15) is 77.7 Å². The molecule has 8 N–H and O–H groups in total. The van der Waals surface area contributed by atoms with Crippen molar-refractivity contribution in [2.24, 2.45) is 22.3 Å². The zero-order valence-electron chi connectivity index (χ0n) is 38.3. The fourth-order valence-electron chi connectivity index (χ4n) is 10.5. The predicted molar refractivity (Wildman–Crippen MR) is 263 cm³/mol.